The van der Waals surface area contributed by atoms with E-state index in [2.05, 4.69) is 30.9 Å². The molecule has 0 radical (unpaired) electrons. The van der Waals surface area contributed by atoms with Crippen LogP contribution >= 0.6 is 0 Å². The fourth-order valence-electron chi connectivity index (χ4n) is 2.60. The molecule has 4 N–H and O–H groups in total. The van der Waals surface area contributed by atoms with E-state index in [4.69, 9.17) is 5.26 Å². The topological polar surface area (TPSA) is 179 Å². The van der Waals surface area contributed by atoms with Crippen LogP contribution in [0.5, 0.6) is 0 Å². The van der Waals surface area contributed by atoms with Crippen molar-refractivity contribution in [3.63, 3.8) is 0 Å². The van der Waals surface area contributed by atoms with Crippen LogP contribution in [0.2, 0.25) is 0 Å². The molecule has 1 aromatic carbocycles. The molecule has 12 nitrogen and oxygen atoms in total. The number of aromatic carboxylic acids is 1. The fourth-order valence-corrected chi connectivity index (χ4v) is 2.60. The highest BCUT2D eigenvalue weighted by Gasteiger charge is 2.13. The number of nitrogens with zero attached hydrogens (tertiary/aromatic N) is 5. The molecule has 0 bridgehead atoms. The first-order chi connectivity index (χ1) is 15.5. The molecule has 32 heavy (non-hydrogen) atoms. The van der Waals surface area contributed by atoms with Crippen LogP contribution in [0.1, 0.15) is 21.5 Å². The molecular weight excluding hydrogens is 416 g/mol. The first-order valence-corrected chi connectivity index (χ1v) is 9.37. The molecule has 12 heteroatoms. The Bertz CT molecular complexity index is 1140. The van der Waals surface area contributed by atoms with Crippen molar-refractivity contribution in [3.05, 3.63) is 75.6 Å². The molecule has 0 aliphatic heterocycles. The predicted octanol–water partition coefficient (Wildman–Crippen LogP) is 2.49. The Morgan fingerprint density at radius 2 is 1.81 bits per heavy atom. The lowest BCUT2D eigenvalue weighted by Gasteiger charge is -2.11. The van der Waals surface area contributed by atoms with E-state index in [1.807, 2.05) is 6.07 Å². The number of carboxylic acid groups (broad SMARTS) is 1. The molecule has 0 fully saturated rings. The smallest absolute Gasteiger partial charge is 0.341 e. The number of nitrogens with one attached hydrogen (secondary N) is 3. The molecule has 162 valence electrons. The van der Waals surface area contributed by atoms with Gasteiger partial charge in [-0.15, -0.1) is 0 Å². The van der Waals surface area contributed by atoms with Crippen LogP contribution in [0.3, 0.4) is 0 Å². The highest BCUT2D eigenvalue weighted by atomic mass is 16.6. The maximum Gasteiger partial charge on any atom is 0.341 e. The summed E-state index contributed by atoms with van der Waals surface area (Å²) < 4.78 is 0. The number of hydrogen-bond acceptors (Lipinski definition) is 10. The van der Waals surface area contributed by atoms with E-state index in [1.54, 1.807) is 24.3 Å². The molecule has 0 aliphatic carbocycles. The molecule has 0 atom stereocenters. The second-order valence-electron chi connectivity index (χ2n) is 6.44. The molecule has 3 rings (SSSR count). The van der Waals surface area contributed by atoms with Gasteiger partial charge in [0.1, 0.15) is 23.4 Å². The zero-order valence-corrected chi connectivity index (χ0v) is 16.6. The lowest BCUT2D eigenvalue weighted by atomic mass is 10.1. The second kappa shape index (κ2) is 10.3. The maximum absolute atomic E-state index is 11.5. The molecule has 2 heterocycles. The van der Waals surface area contributed by atoms with Gasteiger partial charge in [-0.05, 0) is 23.8 Å². The minimum absolute atomic E-state index is 0.0719. The minimum Gasteiger partial charge on any atom is -0.477 e. The zero-order valence-electron chi connectivity index (χ0n) is 16.6. The normalized spacial score (nSPS) is 10.1. The van der Waals surface area contributed by atoms with E-state index in [9.17, 15) is 20.0 Å². The van der Waals surface area contributed by atoms with Crippen molar-refractivity contribution in [1.82, 2.24) is 15.0 Å². The third kappa shape index (κ3) is 5.86. The zero-order chi connectivity index (χ0) is 22.9. The molecule has 0 amide bonds. The predicted molar refractivity (Wildman–Crippen MR) is 115 cm³/mol. The maximum atomic E-state index is 11.5. The quantitative estimate of drug-likeness (QED) is 0.209. The molecular formula is C20H18N8O4. The molecule has 3 aromatic rings. The van der Waals surface area contributed by atoms with Gasteiger partial charge in [0, 0.05) is 31.9 Å². The van der Waals surface area contributed by atoms with Crippen LogP contribution in [0, 0.1) is 21.4 Å². The Kier molecular flexibility index (Phi) is 7.05. The number of nitriles is 1. The molecule has 0 unspecified atom stereocenters. The van der Waals surface area contributed by atoms with Gasteiger partial charge in [-0.1, -0.05) is 12.1 Å². The first kappa shape index (κ1) is 21.9. The summed E-state index contributed by atoms with van der Waals surface area (Å²) in [5.74, 6) is -0.297. The Hall–Kier alpha value is -4.79. The first-order valence-electron chi connectivity index (χ1n) is 9.37. The summed E-state index contributed by atoms with van der Waals surface area (Å²) in [4.78, 5) is 33.8. The summed E-state index contributed by atoms with van der Waals surface area (Å²) in [5.41, 5.74) is 1.22. The third-order valence-electron chi connectivity index (χ3n) is 4.24. The van der Waals surface area contributed by atoms with Crippen LogP contribution in [-0.4, -0.2) is 44.0 Å². The van der Waals surface area contributed by atoms with Crippen LogP contribution in [0.4, 0.5) is 23.3 Å². The Balaban J connectivity index is 1.57. The largest absolute Gasteiger partial charge is 0.477 e. The van der Waals surface area contributed by atoms with E-state index >= 15 is 0 Å². The summed E-state index contributed by atoms with van der Waals surface area (Å²) >= 11 is 0. The molecule has 0 aliphatic rings. The number of nitro groups is 1. The van der Waals surface area contributed by atoms with Gasteiger partial charge in [0.2, 0.25) is 5.95 Å². The molecule has 0 saturated heterocycles. The Morgan fingerprint density at radius 3 is 2.44 bits per heavy atom. The van der Waals surface area contributed by atoms with Crippen LogP contribution in [-0.2, 0) is 6.54 Å². The van der Waals surface area contributed by atoms with Crippen molar-refractivity contribution in [2.75, 3.05) is 29.0 Å². The number of hydrogen-bond donors (Lipinski definition) is 4. The number of carbonyl (C=O) groups is 1. The van der Waals surface area contributed by atoms with Crippen molar-refractivity contribution in [2.24, 2.45) is 0 Å². The van der Waals surface area contributed by atoms with Gasteiger partial charge >= 0.3 is 5.97 Å². The van der Waals surface area contributed by atoms with Crippen LogP contribution in [0.15, 0.2) is 48.8 Å². The van der Waals surface area contributed by atoms with Gasteiger partial charge in [-0.3, -0.25) is 10.1 Å². The fraction of sp³-hybridized carbons (Fsp3) is 0.150. The van der Waals surface area contributed by atoms with Gasteiger partial charge in [-0.25, -0.2) is 14.8 Å². The average Bonchev–Trinajstić information content (AvgIpc) is 2.81. The van der Waals surface area contributed by atoms with Crippen molar-refractivity contribution >= 4 is 29.2 Å². The van der Waals surface area contributed by atoms with E-state index in [-0.39, 0.29) is 23.0 Å². The second-order valence-corrected chi connectivity index (χ2v) is 6.44. The standard InChI is InChI=1S/C20H18N8O4/c21-9-13-1-3-14(4-2-13)10-25-18-16(19(29)30)12-26-20(27-18)23-8-7-22-17-6-5-15(11-24-17)28(31)32/h1-6,11-12H,7-8,10H2,(H,22,24)(H,29,30)(H2,23,25,26,27). The highest BCUT2D eigenvalue weighted by molar-refractivity contribution is 5.92. The minimum atomic E-state index is -1.16. The Morgan fingerprint density at radius 1 is 1.06 bits per heavy atom. The summed E-state index contributed by atoms with van der Waals surface area (Å²) in [6.45, 7) is 1.12. The van der Waals surface area contributed by atoms with Gasteiger partial charge in [0.05, 0.1) is 16.6 Å². The number of anilines is 3. The summed E-state index contributed by atoms with van der Waals surface area (Å²) in [5, 5.41) is 37.8. The number of pyridine rings is 1. The Labute approximate surface area is 182 Å². The summed E-state index contributed by atoms with van der Waals surface area (Å²) in [7, 11) is 0. The van der Waals surface area contributed by atoms with Crippen molar-refractivity contribution in [2.45, 2.75) is 6.54 Å². The van der Waals surface area contributed by atoms with Crippen LogP contribution < -0.4 is 16.0 Å². The van der Waals surface area contributed by atoms with Crippen molar-refractivity contribution in [3.8, 4) is 6.07 Å². The number of rotatable bonds is 10. The average molecular weight is 434 g/mol. The van der Waals surface area contributed by atoms with E-state index in [0.29, 0.717) is 31.0 Å². The summed E-state index contributed by atoms with van der Waals surface area (Å²) in [6.07, 6.45) is 2.37. The lowest BCUT2D eigenvalue weighted by Crippen LogP contribution is -2.17. The molecule has 2 aromatic heterocycles. The number of benzene rings is 1. The highest BCUT2D eigenvalue weighted by Crippen LogP contribution is 2.16. The molecule has 0 spiro atoms. The number of aromatic nitrogens is 3. The van der Waals surface area contributed by atoms with Gasteiger partial charge in [0.15, 0.2) is 0 Å². The van der Waals surface area contributed by atoms with Crippen molar-refractivity contribution < 1.29 is 14.8 Å². The van der Waals surface area contributed by atoms with E-state index in [1.165, 1.54) is 18.3 Å². The third-order valence-corrected chi connectivity index (χ3v) is 4.24. The number of carboxylic acids is 1. The van der Waals surface area contributed by atoms with E-state index < -0.39 is 10.9 Å². The van der Waals surface area contributed by atoms with Crippen molar-refractivity contribution in [1.29, 1.82) is 5.26 Å². The van der Waals surface area contributed by atoms with Crippen LogP contribution in [0.25, 0.3) is 0 Å². The van der Waals surface area contributed by atoms with Gasteiger partial charge in [-0.2, -0.15) is 10.2 Å². The monoisotopic (exact) mass is 434 g/mol. The SMILES string of the molecule is N#Cc1ccc(CNc2nc(NCCNc3ccc([N+](=O)[O-])cn3)ncc2C(=O)O)cc1. The lowest BCUT2D eigenvalue weighted by molar-refractivity contribution is -0.385. The summed E-state index contributed by atoms with van der Waals surface area (Å²) in [6, 6.07) is 11.8. The molecule has 0 saturated carbocycles. The van der Waals surface area contributed by atoms with Gasteiger partial charge in [0.25, 0.3) is 5.69 Å². The van der Waals surface area contributed by atoms with Gasteiger partial charge < -0.3 is 21.1 Å². The van der Waals surface area contributed by atoms with E-state index in [0.717, 1.165) is 11.8 Å².